The van der Waals surface area contributed by atoms with Gasteiger partial charge in [0.25, 0.3) is 0 Å². The summed E-state index contributed by atoms with van der Waals surface area (Å²) < 4.78 is 0. The van der Waals surface area contributed by atoms with Gasteiger partial charge in [-0.3, -0.25) is 4.79 Å². The van der Waals surface area contributed by atoms with Crippen molar-refractivity contribution in [3.63, 3.8) is 0 Å². The van der Waals surface area contributed by atoms with Gasteiger partial charge in [-0.2, -0.15) is 0 Å². The number of rotatable bonds is 6. The fraction of sp³-hybridized carbons (Fsp3) is 0.650. The predicted molar refractivity (Wildman–Crippen MR) is 97.4 cm³/mol. The molecule has 2 unspecified atom stereocenters. The minimum Gasteiger partial charge on any atom is -0.385 e. The number of carbonyl (C=O) groups excluding carboxylic acids is 1. The van der Waals surface area contributed by atoms with E-state index in [1.807, 2.05) is 35.2 Å². The molecule has 0 bridgehead atoms. The van der Waals surface area contributed by atoms with Gasteiger partial charge in [-0.25, -0.2) is 0 Å². The van der Waals surface area contributed by atoms with Crippen LogP contribution in [0.5, 0.6) is 0 Å². The minimum absolute atomic E-state index is 0.0251. The molecule has 1 aromatic carbocycles. The molecule has 1 saturated heterocycles. The van der Waals surface area contributed by atoms with Gasteiger partial charge in [-0.05, 0) is 37.2 Å². The topological polar surface area (TPSA) is 66.6 Å². The van der Waals surface area contributed by atoms with Crippen molar-refractivity contribution in [2.24, 2.45) is 17.6 Å². The first-order valence-electron chi connectivity index (χ1n) is 9.19. The molecule has 0 saturated carbocycles. The van der Waals surface area contributed by atoms with Gasteiger partial charge >= 0.3 is 0 Å². The molecule has 134 valence electrons. The highest BCUT2D eigenvalue weighted by molar-refractivity contribution is 5.79. The first kappa shape index (κ1) is 18.9. The van der Waals surface area contributed by atoms with E-state index in [2.05, 4.69) is 20.8 Å². The number of hydrogen-bond donors (Lipinski definition) is 2. The van der Waals surface area contributed by atoms with Crippen LogP contribution in [0.3, 0.4) is 0 Å². The summed E-state index contributed by atoms with van der Waals surface area (Å²) in [5.74, 6) is 0.455. The molecule has 2 rings (SSSR count). The zero-order valence-corrected chi connectivity index (χ0v) is 15.2. The minimum atomic E-state index is -0.814. The molecule has 0 spiro atoms. The number of amides is 1. The number of benzene rings is 1. The summed E-state index contributed by atoms with van der Waals surface area (Å²) in [5.41, 5.74) is 6.22. The fourth-order valence-electron chi connectivity index (χ4n) is 3.52. The lowest BCUT2D eigenvalue weighted by Gasteiger charge is -2.40. The van der Waals surface area contributed by atoms with Crippen molar-refractivity contribution in [2.45, 2.75) is 58.1 Å². The smallest absolute Gasteiger partial charge is 0.226 e. The number of hydrogen-bond acceptors (Lipinski definition) is 3. The molecule has 4 nitrogen and oxygen atoms in total. The fourth-order valence-corrected chi connectivity index (χ4v) is 3.52. The van der Waals surface area contributed by atoms with E-state index in [0.29, 0.717) is 25.9 Å². The molecule has 0 radical (unpaired) electrons. The van der Waals surface area contributed by atoms with E-state index in [-0.39, 0.29) is 23.8 Å². The Morgan fingerprint density at radius 2 is 1.83 bits per heavy atom. The summed E-state index contributed by atoms with van der Waals surface area (Å²) in [6.07, 6.45) is 2.82. The molecule has 24 heavy (non-hydrogen) atoms. The van der Waals surface area contributed by atoms with E-state index in [9.17, 15) is 9.90 Å². The van der Waals surface area contributed by atoms with E-state index in [4.69, 9.17) is 5.73 Å². The second kappa shape index (κ2) is 8.13. The Morgan fingerprint density at radius 3 is 2.33 bits per heavy atom. The molecule has 2 atom stereocenters. The van der Waals surface area contributed by atoms with Gasteiger partial charge in [0.15, 0.2) is 0 Å². The number of nitrogens with zero attached hydrogens (tertiary/aromatic N) is 1. The normalized spacial score (nSPS) is 20.0. The molecule has 1 fully saturated rings. The first-order valence-corrected chi connectivity index (χ1v) is 9.19. The lowest BCUT2D eigenvalue weighted by molar-refractivity contribution is -0.142. The van der Waals surface area contributed by atoms with Crippen LogP contribution in [-0.2, 0) is 10.4 Å². The highest BCUT2D eigenvalue weighted by Gasteiger charge is 2.37. The van der Waals surface area contributed by atoms with Gasteiger partial charge in [0, 0.05) is 25.0 Å². The third-order valence-corrected chi connectivity index (χ3v) is 5.42. The van der Waals surface area contributed by atoms with Crippen molar-refractivity contribution >= 4 is 5.91 Å². The van der Waals surface area contributed by atoms with Gasteiger partial charge in [0.05, 0.1) is 5.60 Å². The van der Waals surface area contributed by atoms with E-state index in [0.717, 1.165) is 18.4 Å². The van der Waals surface area contributed by atoms with Gasteiger partial charge in [-0.15, -0.1) is 0 Å². The molecule has 4 heteroatoms. The summed E-state index contributed by atoms with van der Waals surface area (Å²) in [4.78, 5) is 14.8. The van der Waals surface area contributed by atoms with Crippen LogP contribution in [0.25, 0.3) is 0 Å². The van der Waals surface area contributed by atoms with Crippen LogP contribution < -0.4 is 5.73 Å². The van der Waals surface area contributed by atoms with Gasteiger partial charge in [0.1, 0.15) is 0 Å². The van der Waals surface area contributed by atoms with Crippen molar-refractivity contribution in [3.05, 3.63) is 35.9 Å². The molecular weight excluding hydrogens is 300 g/mol. The Balaban J connectivity index is 2.01. The lowest BCUT2D eigenvalue weighted by atomic mass is 9.82. The second-order valence-corrected chi connectivity index (χ2v) is 7.48. The zero-order chi connectivity index (χ0) is 17.7. The van der Waals surface area contributed by atoms with Crippen LogP contribution in [0.4, 0.5) is 0 Å². The third-order valence-electron chi connectivity index (χ3n) is 5.42. The highest BCUT2D eigenvalue weighted by atomic mass is 16.3. The average Bonchev–Trinajstić information content (AvgIpc) is 2.60. The predicted octanol–water partition coefficient (Wildman–Crippen LogP) is 2.90. The number of carbonyl (C=O) groups is 1. The monoisotopic (exact) mass is 332 g/mol. The van der Waals surface area contributed by atoms with E-state index >= 15 is 0 Å². The highest BCUT2D eigenvalue weighted by Crippen LogP contribution is 2.33. The van der Waals surface area contributed by atoms with Crippen LogP contribution in [0.15, 0.2) is 30.3 Å². The standard InChI is InChI=1S/C20H32N2O2/c1-4-17(21)14-18(15(2)3)19(23)22-12-10-20(24,11-13-22)16-8-6-5-7-9-16/h5-9,15,17-18,24H,4,10-14,21H2,1-3H3. The Labute approximate surface area is 146 Å². The SMILES string of the molecule is CCC(N)CC(C(=O)N1CCC(O)(c2ccccc2)CC1)C(C)C. The van der Waals surface area contributed by atoms with E-state index < -0.39 is 5.60 Å². The van der Waals surface area contributed by atoms with Crippen molar-refractivity contribution in [1.29, 1.82) is 0 Å². The Morgan fingerprint density at radius 1 is 1.25 bits per heavy atom. The molecule has 1 heterocycles. The maximum atomic E-state index is 12.9. The number of nitrogens with two attached hydrogens (primary N) is 1. The summed E-state index contributed by atoms with van der Waals surface area (Å²) in [6, 6.07) is 9.86. The molecule has 1 amide bonds. The lowest BCUT2D eigenvalue weighted by Crippen LogP contribution is -2.48. The van der Waals surface area contributed by atoms with Gasteiger partial charge < -0.3 is 15.7 Å². The second-order valence-electron chi connectivity index (χ2n) is 7.48. The zero-order valence-electron chi connectivity index (χ0n) is 15.2. The summed E-state index contributed by atoms with van der Waals surface area (Å²) in [5, 5.41) is 10.9. The quantitative estimate of drug-likeness (QED) is 0.842. The van der Waals surface area contributed by atoms with E-state index in [1.165, 1.54) is 0 Å². The molecule has 1 aliphatic rings. The maximum absolute atomic E-state index is 12.9. The summed E-state index contributed by atoms with van der Waals surface area (Å²) in [7, 11) is 0. The van der Waals surface area contributed by atoms with Crippen LogP contribution in [0, 0.1) is 11.8 Å². The summed E-state index contributed by atoms with van der Waals surface area (Å²) in [6.45, 7) is 7.46. The molecule has 0 aromatic heterocycles. The first-order chi connectivity index (χ1) is 11.4. The maximum Gasteiger partial charge on any atom is 0.226 e. The average molecular weight is 332 g/mol. The molecule has 0 aliphatic carbocycles. The van der Waals surface area contributed by atoms with Gasteiger partial charge in [-0.1, -0.05) is 51.1 Å². The van der Waals surface area contributed by atoms with Crippen molar-refractivity contribution in [1.82, 2.24) is 4.90 Å². The molecule has 3 N–H and O–H groups in total. The van der Waals surface area contributed by atoms with Crippen LogP contribution in [-0.4, -0.2) is 35.0 Å². The van der Waals surface area contributed by atoms with Crippen molar-refractivity contribution < 1.29 is 9.90 Å². The molecule has 1 aromatic rings. The number of aliphatic hydroxyl groups is 1. The Bertz CT molecular complexity index is 522. The third kappa shape index (κ3) is 4.37. The molecular formula is C20H32N2O2. The molecule has 1 aliphatic heterocycles. The number of piperidine rings is 1. The van der Waals surface area contributed by atoms with Crippen LogP contribution in [0.2, 0.25) is 0 Å². The van der Waals surface area contributed by atoms with Crippen LogP contribution >= 0.6 is 0 Å². The van der Waals surface area contributed by atoms with Gasteiger partial charge in [0.2, 0.25) is 5.91 Å². The van der Waals surface area contributed by atoms with Crippen molar-refractivity contribution in [2.75, 3.05) is 13.1 Å². The summed E-state index contributed by atoms with van der Waals surface area (Å²) >= 11 is 0. The number of likely N-dealkylation sites (tertiary alicyclic amines) is 1. The Hall–Kier alpha value is -1.39. The van der Waals surface area contributed by atoms with Crippen LogP contribution in [0.1, 0.15) is 52.0 Å². The largest absolute Gasteiger partial charge is 0.385 e. The van der Waals surface area contributed by atoms with E-state index in [1.54, 1.807) is 0 Å². The Kier molecular flexibility index (Phi) is 6.41. The van der Waals surface area contributed by atoms with Crippen molar-refractivity contribution in [3.8, 4) is 0 Å².